The summed E-state index contributed by atoms with van der Waals surface area (Å²) in [4.78, 5) is 18.4. The number of halogens is 1. The number of aliphatic carboxylic acids is 1. The first kappa shape index (κ1) is 12.3. The van der Waals surface area contributed by atoms with Gasteiger partial charge in [-0.3, -0.25) is 0 Å². The predicted octanol–water partition coefficient (Wildman–Crippen LogP) is 0.994. The predicted molar refractivity (Wildman–Crippen MR) is 62.4 cm³/mol. The van der Waals surface area contributed by atoms with E-state index in [4.69, 9.17) is 21.4 Å². The zero-order valence-electron chi connectivity index (χ0n) is 9.37. The molecular formula is C10H9ClN4O3. The van der Waals surface area contributed by atoms with Gasteiger partial charge in [-0.2, -0.15) is 4.98 Å². The highest BCUT2D eigenvalue weighted by Crippen LogP contribution is 2.19. The molecule has 0 aromatic carbocycles. The van der Waals surface area contributed by atoms with E-state index in [0.29, 0.717) is 16.5 Å². The molecule has 0 aliphatic carbocycles. The summed E-state index contributed by atoms with van der Waals surface area (Å²) in [5.74, 6) is -0.572. The summed E-state index contributed by atoms with van der Waals surface area (Å²) in [6.07, 6.45) is 1.55. The van der Waals surface area contributed by atoms with Crippen molar-refractivity contribution in [2.75, 3.05) is 6.61 Å². The Kier molecular flexibility index (Phi) is 3.42. The Morgan fingerprint density at radius 3 is 2.94 bits per heavy atom. The van der Waals surface area contributed by atoms with Gasteiger partial charge in [0.2, 0.25) is 0 Å². The van der Waals surface area contributed by atoms with Crippen LogP contribution in [0.1, 0.15) is 0 Å². The lowest BCUT2D eigenvalue weighted by molar-refractivity contribution is -0.139. The number of aryl methyl sites for hydroxylation is 1. The van der Waals surface area contributed by atoms with E-state index in [9.17, 15) is 4.79 Å². The Morgan fingerprint density at radius 1 is 1.56 bits per heavy atom. The molecule has 2 aromatic heterocycles. The van der Waals surface area contributed by atoms with E-state index in [-0.39, 0.29) is 6.01 Å². The van der Waals surface area contributed by atoms with E-state index in [1.807, 2.05) is 0 Å². The molecule has 0 amide bonds. The maximum Gasteiger partial charge on any atom is 0.341 e. The number of nitrogens with zero attached hydrogens (tertiary/aromatic N) is 4. The number of pyridine rings is 1. The van der Waals surface area contributed by atoms with E-state index in [1.165, 1.54) is 4.68 Å². The Balaban J connectivity index is 2.23. The number of hydrogen-bond acceptors (Lipinski definition) is 5. The van der Waals surface area contributed by atoms with Crippen LogP contribution in [-0.2, 0) is 11.8 Å². The number of hydrogen-bond donors (Lipinski definition) is 1. The van der Waals surface area contributed by atoms with Crippen molar-refractivity contribution in [3.63, 3.8) is 0 Å². The minimum Gasteiger partial charge on any atom is -0.479 e. The fourth-order valence-electron chi connectivity index (χ4n) is 1.31. The fraction of sp³-hybridized carbons (Fsp3) is 0.200. The summed E-state index contributed by atoms with van der Waals surface area (Å²) in [6.45, 7) is -0.484. The van der Waals surface area contributed by atoms with Gasteiger partial charge in [-0.25, -0.2) is 14.5 Å². The van der Waals surface area contributed by atoms with Crippen LogP contribution >= 0.6 is 11.6 Å². The van der Waals surface area contributed by atoms with Crippen molar-refractivity contribution >= 4 is 17.6 Å². The third-order valence-electron chi connectivity index (χ3n) is 2.05. The van der Waals surface area contributed by atoms with Gasteiger partial charge in [0.1, 0.15) is 5.15 Å². The van der Waals surface area contributed by atoms with Crippen LogP contribution in [0.2, 0.25) is 5.15 Å². The quantitative estimate of drug-likeness (QED) is 0.832. The number of carboxylic acid groups (broad SMARTS) is 1. The highest BCUT2D eigenvalue weighted by Gasteiger charge is 2.11. The molecule has 0 fully saturated rings. The van der Waals surface area contributed by atoms with Crippen LogP contribution in [0.3, 0.4) is 0 Å². The number of aromatic nitrogens is 4. The molecule has 0 unspecified atom stereocenters. The third kappa shape index (κ3) is 2.75. The molecule has 7 nitrogen and oxygen atoms in total. The molecule has 0 aliphatic heterocycles. The summed E-state index contributed by atoms with van der Waals surface area (Å²) in [6, 6.07) is 3.37. The largest absolute Gasteiger partial charge is 0.479 e. The first-order valence-corrected chi connectivity index (χ1v) is 5.31. The molecule has 0 bridgehead atoms. The summed E-state index contributed by atoms with van der Waals surface area (Å²) >= 11 is 5.68. The molecule has 0 aliphatic rings. The zero-order chi connectivity index (χ0) is 13.1. The van der Waals surface area contributed by atoms with E-state index < -0.39 is 12.6 Å². The van der Waals surface area contributed by atoms with Crippen molar-refractivity contribution in [3.8, 4) is 17.4 Å². The standard InChI is InChI=1S/C10H9ClN4O3/c1-15-9(6-2-3-7(11)12-4-6)13-10(14-15)18-5-8(16)17/h2-4H,5H2,1H3,(H,16,17). The minimum atomic E-state index is -1.09. The molecule has 0 spiro atoms. The van der Waals surface area contributed by atoms with Crippen molar-refractivity contribution < 1.29 is 14.6 Å². The average molecular weight is 269 g/mol. The Morgan fingerprint density at radius 2 is 2.33 bits per heavy atom. The lowest BCUT2D eigenvalue weighted by Crippen LogP contribution is -2.10. The van der Waals surface area contributed by atoms with Gasteiger partial charge >= 0.3 is 12.0 Å². The lowest BCUT2D eigenvalue weighted by atomic mass is 10.3. The first-order chi connectivity index (χ1) is 8.56. The molecule has 1 N–H and O–H groups in total. The maximum atomic E-state index is 10.4. The number of carbonyl (C=O) groups is 1. The van der Waals surface area contributed by atoms with Gasteiger partial charge in [0, 0.05) is 18.8 Å². The Hall–Kier alpha value is -2.15. The minimum absolute atomic E-state index is 0.00449. The van der Waals surface area contributed by atoms with Crippen molar-refractivity contribution in [1.29, 1.82) is 0 Å². The van der Waals surface area contributed by atoms with Gasteiger partial charge in [0.25, 0.3) is 0 Å². The second kappa shape index (κ2) is 5.01. The van der Waals surface area contributed by atoms with Crippen molar-refractivity contribution in [2.24, 2.45) is 7.05 Å². The van der Waals surface area contributed by atoms with Crippen molar-refractivity contribution in [3.05, 3.63) is 23.5 Å². The second-order valence-corrected chi connectivity index (χ2v) is 3.78. The Labute approximate surface area is 107 Å². The number of ether oxygens (including phenoxy) is 1. The molecule has 8 heteroatoms. The molecule has 2 rings (SSSR count). The van der Waals surface area contributed by atoms with E-state index in [2.05, 4.69) is 15.1 Å². The summed E-state index contributed by atoms with van der Waals surface area (Å²) in [7, 11) is 1.67. The van der Waals surface area contributed by atoms with Crippen LogP contribution in [0.4, 0.5) is 0 Å². The molecule has 0 saturated heterocycles. The van der Waals surface area contributed by atoms with Crippen LogP contribution in [0, 0.1) is 0 Å². The van der Waals surface area contributed by atoms with Crippen molar-refractivity contribution in [1.82, 2.24) is 19.7 Å². The van der Waals surface area contributed by atoms with Crippen molar-refractivity contribution in [2.45, 2.75) is 0 Å². The highest BCUT2D eigenvalue weighted by molar-refractivity contribution is 6.29. The Bertz CT molecular complexity index is 567. The SMILES string of the molecule is Cn1nc(OCC(=O)O)nc1-c1ccc(Cl)nc1. The molecule has 2 aromatic rings. The van der Waals surface area contributed by atoms with Gasteiger partial charge in [-0.1, -0.05) is 11.6 Å². The number of carboxylic acids is 1. The van der Waals surface area contributed by atoms with E-state index in [1.54, 1.807) is 25.4 Å². The number of rotatable bonds is 4. The molecule has 18 heavy (non-hydrogen) atoms. The normalized spacial score (nSPS) is 10.3. The monoisotopic (exact) mass is 268 g/mol. The molecule has 0 atom stereocenters. The van der Waals surface area contributed by atoms with Crippen LogP contribution in [-0.4, -0.2) is 37.4 Å². The summed E-state index contributed by atoms with van der Waals surface area (Å²) in [5.41, 5.74) is 0.708. The molecular weight excluding hydrogens is 260 g/mol. The summed E-state index contributed by atoms with van der Waals surface area (Å²) < 4.78 is 6.36. The van der Waals surface area contributed by atoms with E-state index in [0.717, 1.165) is 0 Å². The van der Waals surface area contributed by atoms with Gasteiger partial charge in [-0.15, -0.1) is 5.10 Å². The van der Waals surface area contributed by atoms with E-state index >= 15 is 0 Å². The van der Waals surface area contributed by atoms with Gasteiger partial charge < -0.3 is 9.84 Å². The average Bonchev–Trinajstić information content (AvgIpc) is 2.69. The van der Waals surface area contributed by atoms with Gasteiger partial charge in [-0.05, 0) is 12.1 Å². The smallest absolute Gasteiger partial charge is 0.341 e. The topological polar surface area (TPSA) is 90.1 Å². The third-order valence-corrected chi connectivity index (χ3v) is 2.28. The van der Waals surface area contributed by atoms with Gasteiger partial charge in [0.15, 0.2) is 12.4 Å². The lowest BCUT2D eigenvalue weighted by Gasteiger charge is -1.98. The molecule has 0 saturated carbocycles. The van der Waals surface area contributed by atoms with Crippen LogP contribution in [0.25, 0.3) is 11.4 Å². The molecule has 0 radical (unpaired) electrons. The zero-order valence-corrected chi connectivity index (χ0v) is 10.1. The fourth-order valence-corrected chi connectivity index (χ4v) is 1.42. The molecule has 94 valence electrons. The van der Waals surface area contributed by atoms with Crippen LogP contribution < -0.4 is 4.74 Å². The van der Waals surface area contributed by atoms with Crippen LogP contribution in [0.15, 0.2) is 18.3 Å². The summed E-state index contributed by atoms with van der Waals surface area (Å²) in [5, 5.41) is 12.8. The molecule has 2 heterocycles. The van der Waals surface area contributed by atoms with Crippen LogP contribution in [0.5, 0.6) is 6.01 Å². The second-order valence-electron chi connectivity index (χ2n) is 3.39. The highest BCUT2D eigenvalue weighted by atomic mass is 35.5. The van der Waals surface area contributed by atoms with Gasteiger partial charge in [0.05, 0.1) is 0 Å². The first-order valence-electron chi connectivity index (χ1n) is 4.94. The maximum absolute atomic E-state index is 10.4.